The van der Waals surface area contributed by atoms with Crippen molar-refractivity contribution in [1.29, 1.82) is 0 Å². The van der Waals surface area contributed by atoms with Crippen LogP contribution in [0.25, 0.3) is 22.9 Å². The zero-order valence-electron chi connectivity index (χ0n) is 12.2. The fraction of sp³-hybridized carbons (Fsp3) is 0.200. The number of nitrogens with two attached hydrogens (primary N) is 2. The van der Waals surface area contributed by atoms with E-state index in [1.54, 1.807) is 0 Å². The van der Waals surface area contributed by atoms with Crippen molar-refractivity contribution in [2.75, 3.05) is 11.5 Å². The predicted octanol–water partition coefficient (Wildman–Crippen LogP) is 2.05. The standard InChI is InChI=1S/C15H17N7/c1-2-6-10-11(13-20-14(16)22-15(17)21-13)19-12(18-10)9-7-4-3-5-8-9/h3-5,7-8H,2,6H2,1H3,(H,18,19)(H4,16,17,20,21,22). The molecule has 112 valence electrons. The molecular weight excluding hydrogens is 278 g/mol. The summed E-state index contributed by atoms with van der Waals surface area (Å²) >= 11 is 0. The minimum absolute atomic E-state index is 0.0980. The van der Waals surface area contributed by atoms with Crippen LogP contribution in [0.15, 0.2) is 30.3 Å². The summed E-state index contributed by atoms with van der Waals surface area (Å²) < 4.78 is 0. The van der Waals surface area contributed by atoms with Gasteiger partial charge in [-0.05, 0) is 6.42 Å². The second kappa shape index (κ2) is 5.80. The number of benzene rings is 1. The third-order valence-corrected chi connectivity index (χ3v) is 3.21. The quantitative estimate of drug-likeness (QED) is 0.677. The Bertz CT molecular complexity index is 760. The first-order valence-corrected chi connectivity index (χ1v) is 7.09. The molecule has 0 aliphatic heterocycles. The van der Waals surface area contributed by atoms with Gasteiger partial charge in [-0.25, -0.2) is 4.98 Å². The van der Waals surface area contributed by atoms with Crippen molar-refractivity contribution < 1.29 is 0 Å². The highest BCUT2D eigenvalue weighted by Gasteiger charge is 2.16. The summed E-state index contributed by atoms with van der Waals surface area (Å²) in [5.41, 5.74) is 14.0. The van der Waals surface area contributed by atoms with Crippen LogP contribution in [0.1, 0.15) is 19.0 Å². The molecular formula is C15H17N7. The van der Waals surface area contributed by atoms with Crippen LogP contribution in [0, 0.1) is 0 Å². The molecule has 3 aromatic rings. The molecule has 0 spiro atoms. The van der Waals surface area contributed by atoms with Crippen molar-refractivity contribution in [3.05, 3.63) is 36.0 Å². The molecule has 0 fully saturated rings. The second-order valence-corrected chi connectivity index (χ2v) is 4.90. The number of aromatic nitrogens is 5. The van der Waals surface area contributed by atoms with E-state index in [0.717, 1.165) is 35.6 Å². The van der Waals surface area contributed by atoms with E-state index in [1.165, 1.54) is 0 Å². The Labute approximate surface area is 127 Å². The van der Waals surface area contributed by atoms with Crippen LogP contribution in [0.2, 0.25) is 0 Å². The van der Waals surface area contributed by atoms with E-state index in [1.807, 2.05) is 30.3 Å². The van der Waals surface area contributed by atoms with Crippen molar-refractivity contribution >= 4 is 11.9 Å². The van der Waals surface area contributed by atoms with Gasteiger partial charge in [0.1, 0.15) is 11.5 Å². The minimum Gasteiger partial charge on any atom is -0.368 e. The lowest BCUT2D eigenvalue weighted by Gasteiger charge is -2.02. The van der Waals surface area contributed by atoms with Gasteiger partial charge in [-0.15, -0.1) is 0 Å². The average Bonchev–Trinajstić information content (AvgIpc) is 2.92. The molecule has 0 radical (unpaired) electrons. The molecule has 0 aliphatic carbocycles. The SMILES string of the molecule is CCCc1nc(-c2ccccc2)[nH]c1-c1nc(N)nc(N)n1. The van der Waals surface area contributed by atoms with Gasteiger partial charge in [0, 0.05) is 5.56 Å². The Kier molecular flexibility index (Phi) is 3.69. The number of aryl methyl sites for hydroxylation is 1. The molecule has 7 heteroatoms. The van der Waals surface area contributed by atoms with Crippen LogP contribution in [0.3, 0.4) is 0 Å². The lowest BCUT2D eigenvalue weighted by Crippen LogP contribution is -2.05. The van der Waals surface area contributed by atoms with Crippen LogP contribution in [0.4, 0.5) is 11.9 Å². The number of hydrogen-bond acceptors (Lipinski definition) is 6. The summed E-state index contributed by atoms with van der Waals surface area (Å²) in [5, 5.41) is 0. The Hall–Kier alpha value is -2.96. The molecule has 1 aromatic carbocycles. The Morgan fingerprint density at radius 3 is 2.27 bits per heavy atom. The normalized spacial score (nSPS) is 10.8. The fourth-order valence-corrected chi connectivity index (χ4v) is 2.27. The lowest BCUT2D eigenvalue weighted by molar-refractivity contribution is 0.891. The van der Waals surface area contributed by atoms with Crippen molar-refractivity contribution in [1.82, 2.24) is 24.9 Å². The van der Waals surface area contributed by atoms with Crippen LogP contribution in [-0.2, 0) is 6.42 Å². The van der Waals surface area contributed by atoms with Gasteiger partial charge in [-0.3, -0.25) is 0 Å². The van der Waals surface area contributed by atoms with Gasteiger partial charge in [0.15, 0.2) is 5.82 Å². The summed E-state index contributed by atoms with van der Waals surface area (Å²) in [6.07, 6.45) is 1.77. The van der Waals surface area contributed by atoms with E-state index in [9.17, 15) is 0 Å². The molecule has 22 heavy (non-hydrogen) atoms. The van der Waals surface area contributed by atoms with E-state index < -0.39 is 0 Å². The first kappa shape index (κ1) is 14.0. The van der Waals surface area contributed by atoms with Crippen molar-refractivity contribution in [2.24, 2.45) is 0 Å². The van der Waals surface area contributed by atoms with Crippen molar-refractivity contribution in [3.8, 4) is 22.9 Å². The third-order valence-electron chi connectivity index (χ3n) is 3.21. The molecule has 2 heterocycles. The largest absolute Gasteiger partial charge is 0.368 e. The van der Waals surface area contributed by atoms with Gasteiger partial charge in [0.05, 0.1) is 5.69 Å². The minimum atomic E-state index is 0.0980. The topological polar surface area (TPSA) is 119 Å². The Morgan fingerprint density at radius 1 is 0.955 bits per heavy atom. The Morgan fingerprint density at radius 2 is 1.64 bits per heavy atom. The van der Waals surface area contributed by atoms with Crippen molar-refractivity contribution in [3.63, 3.8) is 0 Å². The van der Waals surface area contributed by atoms with Gasteiger partial charge in [-0.1, -0.05) is 43.7 Å². The first-order chi connectivity index (χ1) is 10.7. The summed E-state index contributed by atoms with van der Waals surface area (Å²) in [6, 6.07) is 9.89. The zero-order chi connectivity index (χ0) is 15.5. The number of aromatic amines is 1. The maximum Gasteiger partial charge on any atom is 0.225 e. The molecule has 0 bridgehead atoms. The van der Waals surface area contributed by atoms with E-state index in [4.69, 9.17) is 11.5 Å². The first-order valence-electron chi connectivity index (χ1n) is 7.09. The number of rotatable bonds is 4. The number of anilines is 2. The molecule has 0 amide bonds. The summed E-state index contributed by atoms with van der Waals surface area (Å²) in [5.74, 6) is 1.39. The highest BCUT2D eigenvalue weighted by Crippen LogP contribution is 2.25. The van der Waals surface area contributed by atoms with Crippen molar-refractivity contribution in [2.45, 2.75) is 19.8 Å². The molecule has 7 nitrogen and oxygen atoms in total. The zero-order valence-corrected chi connectivity index (χ0v) is 12.2. The summed E-state index contributed by atoms with van der Waals surface area (Å²) in [4.78, 5) is 20.1. The van der Waals surface area contributed by atoms with Crippen LogP contribution >= 0.6 is 0 Å². The molecule has 0 atom stereocenters. The maximum atomic E-state index is 5.66. The number of H-pyrrole nitrogens is 1. The molecule has 0 saturated heterocycles. The second-order valence-electron chi connectivity index (χ2n) is 4.90. The Balaban J connectivity index is 2.11. The number of imidazole rings is 1. The highest BCUT2D eigenvalue weighted by atomic mass is 15.2. The van der Waals surface area contributed by atoms with E-state index in [2.05, 4.69) is 31.8 Å². The molecule has 0 unspecified atom stereocenters. The van der Waals surface area contributed by atoms with Crippen LogP contribution < -0.4 is 11.5 Å². The van der Waals surface area contributed by atoms with Gasteiger partial charge in [0.2, 0.25) is 11.9 Å². The van der Waals surface area contributed by atoms with E-state index >= 15 is 0 Å². The molecule has 5 N–H and O–H groups in total. The molecule has 2 aromatic heterocycles. The van der Waals surface area contributed by atoms with Gasteiger partial charge in [0.25, 0.3) is 0 Å². The summed E-state index contributed by atoms with van der Waals surface area (Å²) in [7, 11) is 0. The van der Waals surface area contributed by atoms with Gasteiger partial charge < -0.3 is 16.5 Å². The average molecular weight is 295 g/mol. The number of hydrogen-bond donors (Lipinski definition) is 3. The number of nitrogens with zero attached hydrogens (tertiary/aromatic N) is 4. The maximum absolute atomic E-state index is 5.66. The molecule has 0 saturated carbocycles. The molecule has 0 aliphatic rings. The number of nitrogens with one attached hydrogen (secondary N) is 1. The van der Waals surface area contributed by atoms with Crippen LogP contribution in [0.5, 0.6) is 0 Å². The monoisotopic (exact) mass is 295 g/mol. The van der Waals surface area contributed by atoms with E-state index in [0.29, 0.717) is 5.82 Å². The number of nitrogen functional groups attached to an aromatic ring is 2. The molecule has 3 rings (SSSR count). The smallest absolute Gasteiger partial charge is 0.225 e. The van der Waals surface area contributed by atoms with Crippen LogP contribution in [-0.4, -0.2) is 24.9 Å². The lowest BCUT2D eigenvalue weighted by atomic mass is 10.2. The van der Waals surface area contributed by atoms with E-state index in [-0.39, 0.29) is 11.9 Å². The fourth-order valence-electron chi connectivity index (χ4n) is 2.27. The van der Waals surface area contributed by atoms with Gasteiger partial charge >= 0.3 is 0 Å². The third kappa shape index (κ3) is 2.73. The highest BCUT2D eigenvalue weighted by molar-refractivity contribution is 5.64. The predicted molar refractivity (Wildman–Crippen MR) is 85.7 cm³/mol. The summed E-state index contributed by atoms with van der Waals surface area (Å²) in [6.45, 7) is 2.09. The van der Waals surface area contributed by atoms with Gasteiger partial charge in [-0.2, -0.15) is 15.0 Å².